The van der Waals surface area contributed by atoms with Crippen molar-refractivity contribution in [1.29, 1.82) is 0 Å². The standard InChI is InChI=1S/C31H49N3O5/c1-31(2,3)39-30(37)33-27(21-13-14-22-32-29(36)38-23-24-15-7-4-8-16-24)28(35)34(25-17-9-5-10-18-25)26-19-11-6-12-20-26/h4,7-8,15-16,25-27H,5-6,9-14,17-23H2,1-3H3,(H,32,36)(H,33,37)/t27-/m0/s1. The highest BCUT2D eigenvalue weighted by Crippen LogP contribution is 2.31. The van der Waals surface area contributed by atoms with Gasteiger partial charge in [-0.3, -0.25) is 4.79 Å². The van der Waals surface area contributed by atoms with Crippen LogP contribution in [0.2, 0.25) is 0 Å². The molecule has 0 bridgehead atoms. The molecule has 1 aromatic carbocycles. The first-order valence-electron chi connectivity index (χ1n) is 15.0. The lowest BCUT2D eigenvalue weighted by Gasteiger charge is -2.43. The van der Waals surface area contributed by atoms with Crippen LogP contribution in [-0.2, 0) is 20.9 Å². The van der Waals surface area contributed by atoms with E-state index in [-0.39, 0.29) is 24.6 Å². The zero-order chi connectivity index (χ0) is 28.1. The van der Waals surface area contributed by atoms with Gasteiger partial charge in [-0.2, -0.15) is 0 Å². The van der Waals surface area contributed by atoms with Crippen LogP contribution < -0.4 is 10.6 Å². The first kappa shape index (κ1) is 30.8. The Bertz CT molecular complexity index is 871. The van der Waals surface area contributed by atoms with Crippen molar-refractivity contribution < 1.29 is 23.9 Å². The Balaban J connectivity index is 1.57. The van der Waals surface area contributed by atoms with Gasteiger partial charge in [0.1, 0.15) is 18.2 Å². The molecule has 2 saturated carbocycles. The molecular formula is C31H49N3O5. The van der Waals surface area contributed by atoms with Gasteiger partial charge in [0.05, 0.1) is 0 Å². The summed E-state index contributed by atoms with van der Waals surface area (Å²) in [7, 11) is 0. The number of nitrogens with zero attached hydrogens (tertiary/aromatic N) is 1. The van der Waals surface area contributed by atoms with Crippen LogP contribution in [0.5, 0.6) is 0 Å². The number of benzene rings is 1. The summed E-state index contributed by atoms with van der Waals surface area (Å²) in [5.41, 5.74) is 0.288. The first-order chi connectivity index (χ1) is 18.7. The SMILES string of the molecule is CC(C)(C)OC(=O)N[C@@H](CCCCNC(=O)OCc1ccccc1)C(=O)N(C1CCCCC1)C1CCCCC1. The first-order valence-corrected chi connectivity index (χ1v) is 15.0. The second-order valence-electron chi connectivity index (χ2n) is 12.0. The molecule has 0 radical (unpaired) electrons. The van der Waals surface area contributed by atoms with Gasteiger partial charge in [-0.05, 0) is 71.3 Å². The molecule has 1 atom stereocenters. The minimum absolute atomic E-state index is 0.0230. The fourth-order valence-corrected chi connectivity index (χ4v) is 5.70. The fraction of sp³-hybridized carbons (Fsp3) is 0.710. The quantitative estimate of drug-likeness (QED) is 0.312. The number of rotatable bonds is 11. The predicted octanol–water partition coefficient (Wildman–Crippen LogP) is 6.47. The van der Waals surface area contributed by atoms with Crippen LogP contribution in [0.3, 0.4) is 0 Å². The normalized spacial score (nSPS) is 17.6. The molecule has 39 heavy (non-hydrogen) atoms. The van der Waals surface area contributed by atoms with Gasteiger partial charge in [-0.1, -0.05) is 68.9 Å². The number of hydrogen-bond acceptors (Lipinski definition) is 5. The van der Waals surface area contributed by atoms with Crippen molar-refractivity contribution in [3.05, 3.63) is 35.9 Å². The lowest BCUT2D eigenvalue weighted by molar-refractivity contribution is -0.140. The molecule has 0 saturated heterocycles. The number of nitrogens with one attached hydrogen (secondary N) is 2. The van der Waals surface area contributed by atoms with Gasteiger partial charge in [0.2, 0.25) is 5.91 Å². The van der Waals surface area contributed by atoms with Gasteiger partial charge in [-0.25, -0.2) is 9.59 Å². The van der Waals surface area contributed by atoms with Crippen LogP contribution in [0.1, 0.15) is 110 Å². The summed E-state index contributed by atoms with van der Waals surface area (Å²) in [6, 6.07) is 9.40. The van der Waals surface area contributed by atoms with Crippen molar-refractivity contribution >= 4 is 18.1 Å². The largest absolute Gasteiger partial charge is 0.445 e. The molecule has 8 nitrogen and oxygen atoms in total. The molecule has 2 aliphatic rings. The van der Waals surface area contributed by atoms with Crippen LogP contribution in [0.25, 0.3) is 0 Å². The molecule has 218 valence electrons. The van der Waals surface area contributed by atoms with Crippen LogP contribution >= 0.6 is 0 Å². The minimum atomic E-state index is -0.645. The van der Waals surface area contributed by atoms with Crippen molar-refractivity contribution in [2.24, 2.45) is 0 Å². The van der Waals surface area contributed by atoms with Crippen LogP contribution in [0.15, 0.2) is 30.3 Å². The minimum Gasteiger partial charge on any atom is -0.445 e. The zero-order valence-electron chi connectivity index (χ0n) is 24.2. The average Bonchev–Trinajstić information content (AvgIpc) is 2.92. The number of ether oxygens (including phenoxy) is 2. The van der Waals surface area contributed by atoms with E-state index in [1.165, 1.54) is 12.8 Å². The highest BCUT2D eigenvalue weighted by atomic mass is 16.6. The molecule has 0 aromatic heterocycles. The molecule has 1 aromatic rings. The lowest BCUT2D eigenvalue weighted by atomic mass is 9.87. The number of unbranched alkanes of at least 4 members (excludes halogenated alkanes) is 1. The molecular weight excluding hydrogens is 494 g/mol. The van der Waals surface area contributed by atoms with E-state index in [9.17, 15) is 14.4 Å². The number of alkyl carbamates (subject to hydrolysis) is 2. The van der Waals surface area contributed by atoms with E-state index in [4.69, 9.17) is 9.47 Å². The van der Waals surface area contributed by atoms with Crippen molar-refractivity contribution in [1.82, 2.24) is 15.5 Å². The van der Waals surface area contributed by atoms with Crippen LogP contribution in [-0.4, -0.2) is 53.3 Å². The monoisotopic (exact) mass is 543 g/mol. The third kappa shape index (κ3) is 11.1. The Hall–Kier alpha value is -2.77. The molecule has 2 N–H and O–H groups in total. The summed E-state index contributed by atoms with van der Waals surface area (Å²) in [4.78, 5) is 41.1. The van der Waals surface area contributed by atoms with Gasteiger partial charge >= 0.3 is 12.2 Å². The fourth-order valence-electron chi connectivity index (χ4n) is 5.70. The Morgan fingerprint density at radius 3 is 2.03 bits per heavy atom. The van der Waals surface area contributed by atoms with E-state index in [2.05, 4.69) is 15.5 Å². The number of carbonyl (C=O) groups is 3. The van der Waals surface area contributed by atoms with Crippen molar-refractivity contribution in [3.8, 4) is 0 Å². The number of hydrogen-bond donors (Lipinski definition) is 2. The summed E-state index contributed by atoms with van der Waals surface area (Å²) < 4.78 is 10.8. The molecule has 8 heteroatoms. The van der Waals surface area contributed by atoms with Crippen molar-refractivity contribution in [2.45, 2.75) is 135 Å². The van der Waals surface area contributed by atoms with Gasteiger partial charge in [0.15, 0.2) is 0 Å². The van der Waals surface area contributed by atoms with E-state index in [0.717, 1.165) is 56.9 Å². The molecule has 2 aliphatic carbocycles. The maximum atomic E-state index is 14.1. The molecule has 0 unspecified atom stereocenters. The van der Waals surface area contributed by atoms with E-state index in [1.807, 2.05) is 51.1 Å². The van der Waals surface area contributed by atoms with Crippen molar-refractivity contribution in [3.63, 3.8) is 0 Å². The summed E-state index contributed by atoms with van der Waals surface area (Å²) in [5.74, 6) is 0.0230. The molecule has 0 spiro atoms. The van der Waals surface area contributed by atoms with E-state index in [1.54, 1.807) is 0 Å². The summed E-state index contributed by atoms with van der Waals surface area (Å²) in [6.45, 7) is 6.13. The Morgan fingerprint density at radius 2 is 1.46 bits per heavy atom. The average molecular weight is 544 g/mol. The summed E-state index contributed by atoms with van der Waals surface area (Å²) in [6.07, 6.45) is 12.0. The smallest absolute Gasteiger partial charge is 0.408 e. The Labute approximate surface area is 234 Å². The summed E-state index contributed by atoms with van der Waals surface area (Å²) in [5, 5.41) is 5.69. The maximum Gasteiger partial charge on any atom is 0.408 e. The Morgan fingerprint density at radius 1 is 0.872 bits per heavy atom. The molecule has 3 amide bonds. The molecule has 0 heterocycles. The Kier molecular flexibility index (Phi) is 12.4. The van der Waals surface area contributed by atoms with Gasteiger partial charge in [0.25, 0.3) is 0 Å². The van der Waals surface area contributed by atoms with Gasteiger partial charge in [0, 0.05) is 18.6 Å². The van der Waals surface area contributed by atoms with E-state index < -0.39 is 23.8 Å². The zero-order valence-corrected chi connectivity index (χ0v) is 24.2. The van der Waals surface area contributed by atoms with Gasteiger partial charge < -0.3 is 25.0 Å². The van der Waals surface area contributed by atoms with Gasteiger partial charge in [-0.15, -0.1) is 0 Å². The van der Waals surface area contributed by atoms with Crippen LogP contribution in [0.4, 0.5) is 9.59 Å². The summed E-state index contributed by atoms with van der Waals surface area (Å²) >= 11 is 0. The second kappa shape index (κ2) is 15.7. The van der Waals surface area contributed by atoms with E-state index in [0.29, 0.717) is 25.8 Å². The molecule has 3 rings (SSSR count). The third-order valence-corrected chi connectivity index (χ3v) is 7.58. The highest BCUT2D eigenvalue weighted by Gasteiger charge is 2.36. The van der Waals surface area contributed by atoms with Crippen molar-refractivity contribution in [2.75, 3.05) is 6.54 Å². The predicted molar refractivity (Wildman–Crippen MR) is 152 cm³/mol. The maximum absolute atomic E-state index is 14.1. The van der Waals surface area contributed by atoms with E-state index >= 15 is 0 Å². The topological polar surface area (TPSA) is 97.0 Å². The van der Waals surface area contributed by atoms with Crippen LogP contribution in [0, 0.1) is 0 Å². The molecule has 0 aliphatic heterocycles. The number of carbonyl (C=O) groups excluding carboxylic acids is 3. The third-order valence-electron chi connectivity index (χ3n) is 7.58. The molecule has 2 fully saturated rings. The highest BCUT2D eigenvalue weighted by molar-refractivity contribution is 5.86. The second-order valence-corrected chi connectivity index (χ2v) is 12.0. The number of amides is 3. The lowest BCUT2D eigenvalue weighted by Crippen LogP contribution is -2.56.